The number of methoxy groups -OCH3 is 1. The molecule has 0 saturated heterocycles. The highest BCUT2D eigenvalue weighted by atomic mass is 16.6. The van der Waals surface area contributed by atoms with E-state index in [0.717, 1.165) is 11.1 Å². The summed E-state index contributed by atoms with van der Waals surface area (Å²) in [6.07, 6.45) is -0.106. The minimum Gasteiger partial charge on any atom is -0.468 e. The first-order chi connectivity index (χ1) is 16.9. The molecule has 3 atom stereocenters. The summed E-state index contributed by atoms with van der Waals surface area (Å²) in [5, 5.41) is 5.38. The van der Waals surface area contributed by atoms with Crippen LogP contribution in [0.25, 0.3) is 0 Å². The van der Waals surface area contributed by atoms with Crippen molar-refractivity contribution in [2.75, 3.05) is 13.7 Å². The summed E-state index contributed by atoms with van der Waals surface area (Å²) in [7, 11) is 1.24. The number of carbonyl (C=O) groups is 4. The van der Waals surface area contributed by atoms with Gasteiger partial charge in [-0.15, -0.1) is 0 Å². The molecule has 3 unspecified atom stereocenters. The van der Waals surface area contributed by atoms with Crippen LogP contribution in [-0.4, -0.2) is 59.6 Å². The van der Waals surface area contributed by atoms with E-state index in [1.165, 1.54) is 12.0 Å². The zero-order valence-corrected chi connectivity index (χ0v) is 24.3. The third kappa shape index (κ3) is 9.05. The molecule has 0 aromatic heterocycles. The summed E-state index contributed by atoms with van der Waals surface area (Å²) in [5.74, 6) is -1.80. The Kier molecular flexibility index (Phi) is 11.2. The maximum atomic E-state index is 14.3. The number of amides is 3. The maximum Gasteiger partial charge on any atom is 0.408 e. The van der Waals surface area contributed by atoms with E-state index in [0.29, 0.717) is 12.0 Å². The Labute approximate surface area is 221 Å². The zero-order chi connectivity index (χ0) is 28.7. The fourth-order valence-electron chi connectivity index (χ4n) is 4.08. The Balaban J connectivity index is 3.69. The summed E-state index contributed by atoms with van der Waals surface area (Å²) >= 11 is 0. The zero-order valence-electron chi connectivity index (χ0n) is 24.3. The lowest BCUT2D eigenvalue weighted by Crippen LogP contribution is -2.60. The van der Waals surface area contributed by atoms with Gasteiger partial charge in [0.15, 0.2) is 0 Å². The van der Waals surface area contributed by atoms with Crippen LogP contribution in [0.1, 0.15) is 84.5 Å². The molecule has 0 radical (unpaired) electrons. The quantitative estimate of drug-likeness (QED) is 0.473. The molecule has 0 aliphatic carbocycles. The van der Waals surface area contributed by atoms with Gasteiger partial charge >= 0.3 is 12.1 Å². The highest BCUT2D eigenvalue weighted by Crippen LogP contribution is 2.34. The van der Waals surface area contributed by atoms with Crippen LogP contribution in [-0.2, 0) is 23.9 Å². The molecule has 9 nitrogen and oxygen atoms in total. The van der Waals surface area contributed by atoms with Crippen LogP contribution in [0.2, 0.25) is 0 Å². The molecule has 0 saturated carbocycles. The number of esters is 1. The lowest BCUT2D eigenvalue weighted by Gasteiger charge is -2.44. The van der Waals surface area contributed by atoms with Crippen molar-refractivity contribution in [3.8, 4) is 0 Å². The normalized spacial score (nSPS) is 14.1. The molecule has 0 aliphatic heterocycles. The number of rotatable bonds is 9. The highest BCUT2D eigenvalue weighted by Gasteiger charge is 2.44. The molecule has 37 heavy (non-hydrogen) atoms. The smallest absolute Gasteiger partial charge is 0.408 e. The molecule has 1 aromatic rings. The Morgan fingerprint density at radius 3 is 1.97 bits per heavy atom. The average Bonchev–Trinajstić information content (AvgIpc) is 2.77. The molecule has 0 aliphatic rings. The first-order valence-electron chi connectivity index (χ1n) is 12.7. The van der Waals surface area contributed by atoms with E-state index in [9.17, 15) is 19.2 Å². The van der Waals surface area contributed by atoms with Crippen molar-refractivity contribution in [3.63, 3.8) is 0 Å². The van der Waals surface area contributed by atoms with Gasteiger partial charge < -0.3 is 25.0 Å². The van der Waals surface area contributed by atoms with Crippen molar-refractivity contribution < 1.29 is 28.7 Å². The van der Waals surface area contributed by atoms with Gasteiger partial charge in [-0.2, -0.15) is 0 Å². The van der Waals surface area contributed by atoms with Crippen molar-refractivity contribution in [2.45, 2.75) is 98.9 Å². The molecule has 1 rings (SSSR count). The molecule has 208 valence electrons. The van der Waals surface area contributed by atoms with Crippen LogP contribution in [0.15, 0.2) is 18.2 Å². The highest BCUT2D eigenvalue weighted by molar-refractivity contribution is 5.94. The van der Waals surface area contributed by atoms with Gasteiger partial charge in [-0.25, -0.2) is 4.79 Å². The van der Waals surface area contributed by atoms with E-state index in [1.54, 1.807) is 20.8 Å². The van der Waals surface area contributed by atoms with Crippen molar-refractivity contribution in [3.05, 3.63) is 34.9 Å². The molecule has 1 aromatic carbocycles. The van der Waals surface area contributed by atoms with E-state index in [2.05, 4.69) is 15.4 Å². The molecule has 9 heteroatoms. The molecule has 0 bridgehead atoms. The molecule has 3 amide bonds. The summed E-state index contributed by atoms with van der Waals surface area (Å²) in [6, 6.07) is 3.62. The maximum absolute atomic E-state index is 14.3. The third-order valence-electron chi connectivity index (χ3n) is 6.07. The molecular weight excluding hydrogens is 474 g/mol. The number of carbonyl (C=O) groups excluding carboxylic acids is 4. The predicted octanol–water partition coefficient (Wildman–Crippen LogP) is 4.20. The molecule has 2 N–H and O–H groups in total. The number of hydrogen-bond acceptors (Lipinski definition) is 6. The molecule has 0 spiro atoms. The van der Waals surface area contributed by atoms with Gasteiger partial charge in [-0.1, -0.05) is 38.5 Å². The van der Waals surface area contributed by atoms with Crippen molar-refractivity contribution in [1.29, 1.82) is 0 Å². The summed E-state index contributed by atoms with van der Waals surface area (Å²) in [6.45, 7) is 17.9. The Hall–Kier alpha value is -3.10. The van der Waals surface area contributed by atoms with Crippen molar-refractivity contribution >= 4 is 23.9 Å². The Morgan fingerprint density at radius 2 is 1.54 bits per heavy atom. The number of alkyl carbamates (subject to hydrolysis) is 1. The van der Waals surface area contributed by atoms with E-state index in [4.69, 9.17) is 4.74 Å². The monoisotopic (exact) mass is 519 g/mol. The fraction of sp³-hybridized carbons (Fsp3) is 0.643. The Bertz CT molecular complexity index is 957. The second kappa shape index (κ2) is 12.9. The summed E-state index contributed by atoms with van der Waals surface area (Å²) in [5.41, 5.74) is 0.723. The van der Waals surface area contributed by atoms with Gasteiger partial charge in [-0.05, 0) is 78.0 Å². The van der Waals surface area contributed by atoms with Crippen molar-refractivity contribution in [2.24, 2.45) is 5.92 Å². The molecule has 0 fully saturated rings. The van der Waals surface area contributed by atoms with E-state index in [-0.39, 0.29) is 12.5 Å². The van der Waals surface area contributed by atoms with Gasteiger partial charge in [0, 0.05) is 5.54 Å². The lowest BCUT2D eigenvalue weighted by atomic mass is 9.88. The van der Waals surface area contributed by atoms with E-state index >= 15 is 0 Å². The van der Waals surface area contributed by atoms with Gasteiger partial charge in [0.25, 0.3) is 0 Å². The fourth-order valence-corrected chi connectivity index (χ4v) is 4.08. The van der Waals surface area contributed by atoms with Crippen molar-refractivity contribution in [1.82, 2.24) is 15.5 Å². The first kappa shape index (κ1) is 31.9. The van der Waals surface area contributed by atoms with Crippen LogP contribution in [0.5, 0.6) is 0 Å². The number of benzene rings is 1. The van der Waals surface area contributed by atoms with E-state index < -0.39 is 47.1 Å². The summed E-state index contributed by atoms with van der Waals surface area (Å²) < 4.78 is 10.1. The molecular formula is C28H45N3O6. The number of hydrogen-bond donors (Lipinski definition) is 2. The minimum absolute atomic E-state index is 0.249. The van der Waals surface area contributed by atoms with Gasteiger partial charge in [0.05, 0.1) is 7.11 Å². The average molecular weight is 520 g/mol. The number of nitrogens with one attached hydrogen (secondary N) is 2. The van der Waals surface area contributed by atoms with E-state index in [1.807, 2.05) is 66.7 Å². The van der Waals surface area contributed by atoms with Gasteiger partial charge in [0.1, 0.15) is 24.2 Å². The second-order valence-electron chi connectivity index (χ2n) is 11.4. The SMILES string of the molecule is CCC(C)C(NC(=O)OC(C)(C)C)C(=O)N(C(C(=O)NCC(=O)OC)c1c(C)cccc1C)C(C)(C)C. The van der Waals surface area contributed by atoms with Gasteiger partial charge in [0.2, 0.25) is 11.8 Å². The number of aryl methyl sites for hydroxylation is 2. The second-order valence-corrected chi connectivity index (χ2v) is 11.4. The third-order valence-corrected chi connectivity index (χ3v) is 6.07. The minimum atomic E-state index is -1.06. The Morgan fingerprint density at radius 1 is 1.00 bits per heavy atom. The van der Waals surface area contributed by atoms with Crippen LogP contribution >= 0.6 is 0 Å². The first-order valence-corrected chi connectivity index (χ1v) is 12.7. The van der Waals surface area contributed by atoms with Crippen LogP contribution < -0.4 is 10.6 Å². The topological polar surface area (TPSA) is 114 Å². The molecule has 0 heterocycles. The largest absolute Gasteiger partial charge is 0.468 e. The standard InChI is InChI=1S/C28H45N3O6/c1-12-17(2)22(30-26(35)37-28(8,9)10)25(34)31(27(5,6)7)23(24(33)29-16-20(32)36-11)21-18(3)14-13-15-19(21)4/h13-15,17,22-23H,12,16H2,1-11H3,(H,29,33)(H,30,35). The van der Waals surface area contributed by atoms with Crippen LogP contribution in [0.4, 0.5) is 4.79 Å². The van der Waals surface area contributed by atoms with Crippen LogP contribution in [0, 0.1) is 19.8 Å². The predicted molar refractivity (Wildman–Crippen MR) is 143 cm³/mol. The number of ether oxygens (including phenoxy) is 2. The van der Waals surface area contributed by atoms with Gasteiger partial charge in [-0.3, -0.25) is 14.4 Å². The van der Waals surface area contributed by atoms with Crippen LogP contribution in [0.3, 0.4) is 0 Å². The number of nitrogens with zero attached hydrogens (tertiary/aromatic N) is 1. The summed E-state index contributed by atoms with van der Waals surface area (Å²) in [4.78, 5) is 54.0. The lowest BCUT2D eigenvalue weighted by molar-refractivity contribution is -0.150.